The zero-order valence-corrected chi connectivity index (χ0v) is 14.5. The Hall–Kier alpha value is -2.53. The summed E-state index contributed by atoms with van der Waals surface area (Å²) >= 11 is 0. The molecule has 26 heavy (non-hydrogen) atoms. The van der Waals surface area contributed by atoms with Gasteiger partial charge in [-0.3, -0.25) is 0 Å². The fraction of sp³-hybridized carbons (Fsp3) is 0.357. The molecule has 0 spiro atoms. The van der Waals surface area contributed by atoms with Gasteiger partial charge in [0.15, 0.2) is 17.3 Å². The Morgan fingerprint density at radius 1 is 1.31 bits per heavy atom. The zero-order chi connectivity index (χ0) is 18.0. The summed E-state index contributed by atoms with van der Waals surface area (Å²) < 4.78 is 44.0. The van der Waals surface area contributed by atoms with E-state index in [9.17, 15) is 13.2 Å². The second-order valence-corrected chi connectivity index (χ2v) is 5.36. The highest BCUT2D eigenvalue weighted by Crippen LogP contribution is 2.28. The third-order valence-corrected chi connectivity index (χ3v) is 3.47. The first-order valence-electron chi connectivity index (χ1n) is 7.33. The van der Waals surface area contributed by atoms with Crippen LogP contribution in [0.1, 0.15) is 18.3 Å². The number of hydrogen-bond donors (Lipinski definition) is 1. The van der Waals surface area contributed by atoms with Gasteiger partial charge in [-0.25, -0.2) is 9.67 Å². The Morgan fingerprint density at radius 2 is 2.08 bits per heavy atom. The van der Waals surface area contributed by atoms with Gasteiger partial charge in [0.2, 0.25) is 0 Å². The van der Waals surface area contributed by atoms with Crippen LogP contribution >= 0.6 is 12.4 Å². The molecule has 0 amide bonds. The molecule has 3 aromatic heterocycles. The molecule has 0 aliphatic heterocycles. The van der Waals surface area contributed by atoms with Gasteiger partial charge in [0.05, 0.1) is 11.8 Å². The van der Waals surface area contributed by atoms with Gasteiger partial charge >= 0.3 is 6.18 Å². The van der Waals surface area contributed by atoms with Crippen molar-refractivity contribution in [2.24, 2.45) is 0 Å². The number of aromatic nitrogens is 6. The Morgan fingerprint density at radius 3 is 2.69 bits per heavy atom. The summed E-state index contributed by atoms with van der Waals surface area (Å²) in [4.78, 5) is 7.96. The molecule has 0 bridgehead atoms. The summed E-state index contributed by atoms with van der Waals surface area (Å²) in [7, 11) is 1.83. The smallest absolute Gasteiger partial charge is 0.332 e. The lowest BCUT2D eigenvalue weighted by Crippen LogP contribution is -2.24. The Balaban J connectivity index is 0.00000243. The fourth-order valence-electron chi connectivity index (χ4n) is 1.98. The molecular weight excluding hydrogens is 375 g/mol. The van der Waals surface area contributed by atoms with Gasteiger partial charge in [-0.05, 0) is 26.1 Å². The number of halogens is 4. The highest BCUT2D eigenvalue weighted by molar-refractivity contribution is 5.85. The minimum Gasteiger partial charge on any atom is -0.332 e. The number of nitrogens with zero attached hydrogens (tertiary/aromatic N) is 6. The fourth-order valence-corrected chi connectivity index (χ4v) is 1.98. The van der Waals surface area contributed by atoms with Crippen molar-refractivity contribution in [3.8, 4) is 17.4 Å². The van der Waals surface area contributed by atoms with Crippen molar-refractivity contribution in [3.63, 3.8) is 0 Å². The summed E-state index contributed by atoms with van der Waals surface area (Å²) in [6, 6.07) is 2.31. The lowest BCUT2D eigenvalue weighted by atomic mass is 10.2. The molecule has 0 aliphatic carbocycles. The number of likely N-dealkylation sites (N-methyl/N-ethyl adjacent to an activating group) is 1. The Labute approximate surface area is 152 Å². The van der Waals surface area contributed by atoms with Gasteiger partial charge in [-0.2, -0.15) is 18.2 Å². The quantitative estimate of drug-likeness (QED) is 0.715. The standard InChI is InChI=1S/C14H14F3N7O.ClH/c1-8(18-2)5-11-20-13(25-22-11)10-7-24(23-21-10)12-4-3-9(6-19-12)14(15,16)17;/h3-4,6-8,18H,5H2,1-2H3;1H. The van der Waals surface area contributed by atoms with Crippen molar-refractivity contribution in [1.82, 2.24) is 35.4 Å². The maximum atomic E-state index is 12.6. The summed E-state index contributed by atoms with van der Waals surface area (Å²) in [6.07, 6.45) is -1.67. The first-order chi connectivity index (χ1) is 11.9. The van der Waals surface area contributed by atoms with Crippen LogP contribution in [0.25, 0.3) is 17.4 Å². The van der Waals surface area contributed by atoms with Crippen molar-refractivity contribution in [3.05, 3.63) is 35.9 Å². The predicted molar refractivity (Wildman–Crippen MR) is 86.9 cm³/mol. The van der Waals surface area contributed by atoms with E-state index in [0.29, 0.717) is 17.9 Å². The van der Waals surface area contributed by atoms with E-state index in [4.69, 9.17) is 4.52 Å². The largest absolute Gasteiger partial charge is 0.417 e. The minimum atomic E-state index is -4.44. The molecular formula is C14H15ClF3N7O. The maximum Gasteiger partial charge on any atom is 0.417 e. The number of alkyl halides is 3. The number of nitrogens with one attached hydrogen (secondary N) is 1. The van der Waals surface area contributed by atoms with Crippen LogP contribution in [0, 0.1) is 0 Å². The summed E-state index contributed by atoms with van der Waals surface area (Å²) in [5.41, 5.74) is -0.533. The molecule has 140 valence electrons. The molecule has 12 heteroatoms. The molecule has 3 aromatic rings. The van der Waals surface area contributed by atoms with E-state index in [2.05, 4.69) is 30.8 Å². The molecule has 0 fully saturated rings. The SMILES string of the molecule is CNC(C)Cc1noc(-c2cn(-c3ccc(C(F)(F)F)cn3)nn2)n1.Cl. The number of pyridine rings is 1. The summed E-state index contributed by atoms with van der Waals surface area (Å²) in [6.45, 7) is 1.97. The van der Waals surface area contributed by atoms with E-state index in [0.717, 1.165) is 12.3 Å². The monoisotopic (exact) mass is 389 g/mol. The molecule has 3 rings (SSSR count). The Bertz CT molecular complexity index is 847. The number of rotatable bonds is 5. The van der Waals surface area contributed by atoms with Crippen LogP contribution < -0.4 is 5.32 Å². The summed E-state index contributed by atoms with van der Waals surface area (Å²) in [5, 5.41) is 14.6. The molecule has 1 unspecified atom stereocenters. The molecule has 0 aromatic carbocycles. The summed E-state index contributed by atoms with van der Waals surface area (Å²) in [5.74, 6) is 0.880. The Kier molecular flexibility index (Phi) is 5.93. The molecule has 8 nitrogen and oxygen atoms in total. The third-order valence-electron chi connectivity index (χ3n) is 3.47. The zero-order valence-electron chi connectivity index (χ0n) is 13.7. The lowest BCUT2D eigenvalue weighted by Gasteiger charge is -2.06. The predicted octanol–water partition coefficient (Wildman–Crippen LogP) is 2.30. The molecule has 0 radical (unpaired) electrons. The first-order valence-corrected chi connectivity index (χ1v) is 7.33. The van der Waals surface area contributed by atoms with Crippen LogP contribution in [-0.2, 0) is 12.6 Å². The van der Waals surface area contributed by atoms with Crippen molar-refractivity contribution in [2.45, 2.75) is 25.6 Å². The molecule has 0 saturated carbocycles. The highest BCUT2D eigenvalue weighted by Gasteiger charge is 2.30. The van der Waals surface area contributed by atoms with E-state index in [1.807, 2.05) is 14.0 Å². The normalized spacial score (nSPS) is 12.7. The van der Waals surface area contributed by atoms with Gasteiger partial charge < -0.3 is 9.84 Å². The second-order valence-electron chi connectivity index (χ2n) is 5.36. The van der Waals surface area contributed by atoms with Crippen molar-refractivity contribution in [2.75, 3.05) is 7.05 Å². The van der Waals surface area contributed by atoms with Gasteiger partial charge in [0.1, 0.15) is 0 Å². The average molecular weight is 390 g/mol. The van der Waals surface area contributed by atoms with Crippen molar-refractivity contribution >= 4 is 12.4 Å². The van der Waals surface area contributed by atoms with E-state index in [-0.39, 0.29) is 30.2 Å². The van der Waals surface area contributed by atoms with Gasteiger partial charge in [0, 0.05) is 18.7 Å². The van der Waals surface area contributed by atoms with Crippen LogP contribution in [0.2, 0.25) is 0 Å². The van der Waals surface area contributed by atoms with Crippen molar-refractivity contribution < 1.29 is 17.7 Å². The first kappa shape index (κ1) is 19.8. The second kappa shape index (κ2) is 7.79. The third kappa shape index (κ3) is 4.35. The maximum absolute atomic E-state index is 12.6. The van der Waals surface area contributed by atoms with Crippen LogP contribution in [0.5, 0.6) is 0 Å². The van der Waals surface area contributed by atoms with Gasteiger partial charge in [-0.1, -0.05) is 10.4 Å². The molecule has 3 heterocycles. The molecule has 1 N–H and O–H groups in total. The highest BCUT2D eigenvalue weighted by atomic mass is 35.5. The van der Waals surface area contributed by atoms with Gasteiger partial charge in [0.25, 0.3) is 5.89 Å². The molecule has 0 saturated heterocycles. The molecule has 1 atom stereocenters. The van der Waals surface area contributed by atoms with Crippen LogP contribution in [-0.4, -0.2) is 43.2 Å². The topological polar surface area (TPSA) is 94.6 Å². The molecule has 0 aliphatic rings. The van der Waals surface area contributed by atoms with Crippen molar-refractivity contribution in [1.29, 1.82) is 0 Å². The van der Waals surface area contributed by atoms with E-state index in [1.165, 1.54) is 16.9 Å². The van der Waals surface area contributed by atoms with Crippen LogP contribution in [0.15, 0.2) is 29.0 Å². The lowest BCUT2D eigenvalue weighted by molar-refractivity contribution is -0.137. The van der Waals surface area contributed by atoms with Crippen LogP contribution in [0.3, 0.4) is 0 Å². The van der Waals surface area contributed by atoms with Crippen LogP contribution in [0.4, 0.5) is 13.2 Å². The van der Waals surface area contributed by atoms with E-state index in [1.54, 1.807) is 0 Å². The number of hydrogen-bond acceptors (Lipinski definition) is 7. The van der Waals surface area contributed by atoms with E-state index >= 15 is 0 Å². The minimum absolute atomic E-state index is 0. The average Bonchev–Trinajstić information content (AvgIpc) is 3.23. The van der Waals surface area contributed by atoms with E-state index < -0.39 is 11.7 Å². The van der Waals surface area contributed by atoms with Gasteiger partial charge in [-0.15, -0.1) is 17.5 Å².